The Bertz CT molecular complexity index is 478. The molecular weight excluding hydrogens is 256 g/mol. The number of nitrogens with one attached hydrogen (secondary N) is 1. The largest absolute Gasteiger partial charge is 0.420 e. The van der Waals surface area contributed by atoms with E-state index in [4.69, 9.17) is 0 Å². The van der Waals surface area contributed by atoms with Crippen molar-refractivity contribution in [3.8, 4) is 5.75 Å². The molecule has 0 aliphatic carbocycles. The Labute approximate surface area is 109 Å². The Balaban J connectivity index is 2.83. The predicted octanol–water partition coefficient (Wildman–Crippen LogP) is 2.16. The summed E-state index contributed by atoms with van der Waals surface area (Å²) >= 11 is 0. The molecule has 0 spiro atoms. The number of hydrogen-bond acceptors (Lipinski definition) is 3. The summed E-state index contributed by atoms with van der Waals surface area (Å²) in [5.41, 5.74) is 0.250. The third-order valence-corrected chi connectivity index (χ3v) is 2.29. The molecule has 19 heavy (non-hydrogen) atoms. The Kier molecular flexibility index (Phi) is 4.97. The minimum Gasteiger partial charge on any atom is -0.420 e. The molecule has 4 nitrogen and oxygen atoms in total. The Morgan fingerprint density at radius 2 is 1.79 bits per heavy atom. The SMILES string of the molecule is CC(=O)Oc1c(F)cc(CNC(=O)C(C)C)cc1F. The van der Waals surface area contributed by atoms with Crippen LogP contribution in [0.4, 0.5) is 8.78 Å². The lowest BCUT2D eigenvalue weighted by Gasteiger charge is -2.10. The summed E-state index contributed by atoms with van der Waals surface area (Å²) in [5, 5.41) is 2.53. The Hall–Kier alpha value is -1.98. The second-order valence-electron chi connectivity index (χ2n) is 4.35. The van der Waals surface area contributed by atoms with Crippen molar-refractivity contribution in [3.63, 3.8) is 0 Å². The second kappa shape index (κ2) is 6.26. The van der Waals surface area contributed by atoms with E-state index >= 15 is 0 Å². The van der Waals surface area contributed by atoms with Crippen molar-refractivity contribution in [2.24, 2.45) is 5.92 Å². The zero-order valence-corrected chi connectivity index (χ0v) is 10.9. The molecule has 0 saturated carbocycles. The van der Waals surface area contributed by atoms with Crippen LogP contribution in [-0.2, 0) is 16.1 Å². The van der Waals surface area contributed by atoms with E-state index in [1.807, 2.05) is 0 Å². The molecule has 0 fully saturated rings. The van der Waals surface area contributed by atoms with Crippen LogP contribution in [0.1, 0.15) is 26.3 Å². The quantitative estimate of drug-likeness (QED) is 0.674. The molecule has 0 heterocycles. The summed E-state index contributed by atoms with van der Waals surface area (Å²) in [7, 11) is 0. The van der Waals surface area contributed by atoms with Crippen LogP contribution in [0.15, 0.2) is 12.1 Å². The van der Waals surface area contributed by atoms with E-state index in [2.05, 4.69) is 10.1 Å². The highest BCUT2D eigenvalue weighted by Crippen LogP contribution is 2.23. The van der Waals surface area contributed by atoms with Crippen molar-refractivity contribution in [1.29, 1.82) is 0 Å². The highest BCUT2D eigenvalue weighted by molar-refractivity contribution is 5.77. The molecule has 0 aliphatic heterocycles. The van der Waals surface area contributed by atoms with Gasteiger partial charge in [0.15, 0.2) is 11.6 Å². The van der Waals surface area contributed by atoms with Gasteiger partial charge in [-0.3, -0.25) is 9.59 Å². The average Bonchev–Trinajstić information content (AvgIpc) is 2.30. The number of halogens is 2. The predicted molar refractivity (Wildman–Crippen MR) is 64.4 cm³/mol. The van der Waals surface area contributed by atoms with Gasteiger partial charge in [-0.05, 0) is 17.7 Å². The standard InChI is InChI=1S/C13H15F2NO3/c1-7(2)13(18)16-6-9-4-10(14)12(11(15)5-9)19-8(3)17/h4-5,7H,6H2,1-3H3,(H,16,18). The van der Waals surface area contributed by atoms with Crippen molar-refractivity contribution in [2.45, 2.75) is 27.3 Å². The first kappa shape index (κ1) is 15.1. The zero-order chi connectivity index (χ0) is 14.6. The third-order valence-electron chi connectivity index (χ3n) is 2.29. The molecule has 0 bridgehead atoms. The lowest BCUT2D eigenvalue weighted by molar-refractivity contribution is -0.132. The van der Waals surface area contributed by atoms with Gasteiger partial charge < -0.3 is 10.1 Å². The fraction of sp³-hybridized carbons (Fsp3) is 0.385. The van der Waals surface area contributed by atoms with Crippen LogP contribution in [0.2, 0.25) is 0 Å². The minimum absolute atomic E-state index is 0.00516. The number of esters is 1. The first-order chi connectivity index (χ1) is 8.81. The second-order valence-corrected chi connectivity index (χ2v) is 4.35. The van der Waals surface area contributed by atoms with Crippen LogP contribution in [0, 0.1) is 17.6 Å². The van der Waals surface area contributed by atoms with Gasteiger partial charge in [0.2, 0.25) is 11.7 Å². The van der Waals surface area contributed by atoms with Gasteiger partial charge in [0.05, 0.1) is 0 Å². The molecule has 0 atom stereocenters. The summed E-state index contributed by atoms with van der Waals surface area (Å²) in [6.45, 7) is 4.47. The van der Waals surface area contributed by atoms with Crippen molar-refractivity contribution in [2.75, 3.05) is 0 Å². The van der Waals surface area contributed by atoms with E-state index < -0.39 is 23.4 Å². The number of carbonyl (C=O) groups excluding carboxylic acids is 2. The van der Waals surface area contributed by atoms with Gasteiger partial charge in [0.25, 0.3) is 0 Å². The average molecular weight is 271 g/mol. The van der Waals surface area contributed by atoms with Gasteiger partial charge in [0.1, 0.15) is 0 Å². The van der Waals surface area contributed by atoms with E-state index in [0.29, 0.717) is 0 Å². The normalized spacial score (nSPS) is 10.4. The molecule has 0 unspecified atom stereocenters. The van der Waals surface area contributed by atoms with Gasteiger partial charge in [-0.2, -0.15) is 0 Å². The first-order valence-corrected chi connectivity index (χ1v) is 5.75. The smallest absolute Gasteiger partial charge is 0.308 e. The molecule has 0 aliphatic rings. The van der Waals surface area contributed by atoms with Crippen LogP contribution in [0.3, 0.4) is 0 Å². The molecule has 104 valence electrons. The molecule has 1 N–H and O–H groups in total. The fourth-order valence-electron chi connectivity index (χ4n) is 1.35. The van der Waals surface area contributed by atoms with Crippen LogP contribution >= 0.6 is 0 Å². The fourth-order valence-corrected chi connectivity index (χ4v) is 1.35. The lowest BCUT2D eigenvalue weighted by Crippen LogP contribution is -2.27. The minimum atomic E-state index is -0.982. The number of carbonyl (C=O) groups is 2. The van der Waals surface area contributed by atoms with Crippen LogP contribution in [0.25, 0.3) is 0 Å². The molecule has 0 radical (unpaired) electrons. The highest BCUT2D eigenvalue weighted by Gasteiger charge is 2.15. The number of amides is 1. The van der Waals surface area contributed by atoms with Gasteiger partial charge in [-0.15, -0.1) is 0 Å². The molecule has 1 rings (SSSR count). The number of benzene rings is 1. The van der Waals surface area contributed by atoms with Crippen molar-refractivity contribution in [1.82, 2.24) is 5.32 Å². The van der Waals surface area contributed by atoms with Crippen LogP contribution in [0.5, 0.6) is 5.75 Å². The Morgan fingerprint density at radius 1 is 1.26 bits per heavy atom. The monoisotopic (exact) mass is 271 g/mol. The molecule has 1 aromatic carbocycles. The zero-order valence-electron chi connectivity index (χ0n) is 10.9. The lowest BCUT2D eigenvalue weighted by atomic mass is 10.1. The third kappa shape index (κ3) is 4.31. The molecule has 6 heteroatoms. The molecular formula is C13H15F2NO3. The maximum Gasteiger partial charge on any atom is 0.308 e. The molecule has 1 aromatic rings. The maximum atomic E-state index is 13.5. The van der Waals surface area contributed by atoms with Crippen molar-refractivity contribution in [3.05, 3.63) is 29.3 Å². The summed E-state index contributed by atoms with van der Waals surface area (Å²) < 4.78 is 31.5. The Morgan fingerprint density at radius 3 is 2.21 bits per heavy atom. The number of rotatable bonds is 4. The van der Waals surface area contributed by atoms with Crippen molar-refractivity contribution < 1.29 is 23.1 Å². The van der Waals surface area contributed by atoms with E-state index in [0.717, 1.165) is 19.1 Å². The van der Waals surface area contributed by atoms with Gasteiger partial charge >= 0.3 is 5.97 Å². The van der Waals surface area contributed by atoms with Gasteiger partial charge in [-0.25, -0.2) is 8.78 Å². The number of hydrogen-bond donors (Lipinski definition) is 1. The molecule has 0 aromatic heterocycles. The van der Waals surface area contributed by atoms with Crippen LogP contribution < -0.4 is 10.1 Å². The highest BCUT2D eigenvalue weighted by atomic mass is 19.1. The van der Waals surface area contributed by atoms with E-state index in [9.17, 15) is 18.4 Å². The summed E-state index contributed by atoms with van der Waals surface area (Å²) in [6.07, 6.45) is 0. The van der Waals surface area contributed by atoms with Gasteiger partial charge in [-0.1, -0.05) is 13.8 Å². The summed E-state index contributed by atoms with van der Waals surface area (Å²) in [4.78, 5) is 22.0. The van der Waals surface area contributed by atoms with Gasteiger partial charge in [0, 0.05) is 19.4 Å². The first-order valence-electron chi connectivity index (χ1n) is 5.75. The molecule has 0 saturated heterocycles. The maximum absolute atomic E-state index is 13.5. The van der Waals surface area contributed by atoms with Crippen molar-refractivity contribution >= 4 is 11.9 Å². The van der Waals surface area contributed by atoms with E-state index in [1.54, 1.807) is 13.8 Å². The topological polar surface area (TPSA) is 55.4 Å². The van der Waals surface area contributed by atoms with E-state index in [-0.39, 0.29) is 23.9 Å². The summed E-state index contributed by atoms with van der Waals surface area (Å²) in [6, 6.07) is 2.03. The molecule has 1 amide bonds. The van der Waals surface area contributed by atoms with E-state index in [1.165, 1.54) is 0 Å². The number of ether oxygens (including phenoxy) is 1. The van der Waals surface area contributed by atoms with Crippen LogP contribution in [-0.4, -0.2) is 11.9 Å². The summed E-state index contributed by atoms with van der Waals surface area (Å²) in [5.74, 6) is -3.93.